The first-order valence-electron chi connectivity index (χ1n) is 13.2. The van der Waals surface area contributed by atoms with Crippen LogP contribution in [0.2, 0.25) is 0 Å². The predicted molar refractivity (Wildman–Crippen MR) is 152 cm³/mol. The van der Waals surface area contributed by atoms with Gasteiger partial charge in [0.1, 0.15) is 11.4 Å². The second-order valence-corrected chi connectivity index (χ2v) is 11.6. The first-order valence-corrected chi connectivity index (χ1v) is 14.7. The predicted octanol–water partition coefficient (Wildman–Crippen LogP) is 5.89. The number of carbonyl (C=O) groups is 1. The van der Waals surface area contributed by atoms with E-state index in [0.717, 1.165) is 18.4 Å². The summed E-state index contributed by atoms with van der Waals surface area (Å²) in [7, 11) is -3.95. The van der Waals surface area contributed by atoms with Crippen molar-refractivity contribution in [2.24, 2.45) is 0 Å². The van der Waals surface area contributed by atoms with Gasteiger partial charge in [0.15, 0.2) is 5.03 Å². The number of aromatic nitrogens is 1. The number of sulfonamides is 1. The number of hydrogen-bond acceptors (Lipinski definition) is 7. The number of aliphatic hydroxyl groups excluding tert-OH is 1. The number of nitrogens with zero attached hydrogens (tertiary/aromatic N) is 1. The van der Waals surface area contributed by atoms with Crippen LogP contribution in [0.5, 0.6) is 0 Å². The zero-order chi connectivity index (χ0) is 28.0. The minimum atomic E-state index is -3.95. The zero-order valence-corrected chi connectivity index (χ0v) is 23.1. The summed E-state index contributed by atoms with van der Waals surface area (Å²) < 4.78 is 34.3. The lowest BCUT2D eigenvalue weighted by molar-refractivity contribution is -0.161. The zero-order valence-electron chi connectivity index (χ0n) is 22.3. The quantitative estimate of drug-likeness (QED) is 0.254. The molecule has 0 bridgehead atoms. The standard InChI is InChI=1S/C30H35N3O5S/c1-3-16-30(17-15-21-9-6-5-7-10-21)19-26(34)28(29(35)38-30)25(4-2)22-11-8-12-24(18-22)33-39(36,37)27-14-13-23(31)20-32-27/h5-14,18,20,25,33-34H,3-4,15-17,19,31H2,1-2H3/t25?,30-/m1/s1. The molecule has 2 atom stereocenters. The van der Waals surface area contributed by atoms with Crippen molar-refractivity contribution in [3.05, 3.63) is 95.4 Å². The van der Waals surface area contributed by atoms with Gasteiger partial charge in [0.25, 0.3) is 10.0 Å². The Morgan fingerprint density at radius 3 is 2.49 bits per heavy atom. The topological polar surface area (TPSA) is 132 Å². The van der Waals surface area contributed by atoms with E-state index in [1.165, 1.54) is 18.3 Å². The lowest BCUT2D eigenvalue weighted by Gasteiger charge is -2.38. The van der Waals surface area contributed by atoms with Gasteiger partial charge in [-0.1, -0.05) is 62.7 Å². The molecule has 2 aromatic carbocycles. The molecule has 0 spiro atoms. The largest absolute Gasteiger partial charge is 0.512 e. The summed E-state index contributed by atoms with van der Waals surface area (Å²) in [6.45, 7) is 3.95. The maximum absolute atomic E-state index is 13.4. The number of aryl methyl sites for hydroxylation is 1. The summed E-state index contributed by atoms with van der Waals surface area (Å²) in [5.74, 6) is -0.953. The molecule has 1 aliphatic rings. The van der Waals surface area contributed by atoms with E-state index in [-0.39, 0.29) is 22.8 Å². The minimum Gasteiger partial charge on any atom is -0.512 e. The number of hydrogen-bond donors (Lipinski definition) is 3. The maximum Gasteiger partial charge on any atom is 0.338 e. The van der Waals surface area contributed by atoms with Gasteiger partial charge in [-0.3, -0.25) is 4.72 Å². The molecule has 8 nitrogen and oxygen atoms in total. The minimum absolute atomic E-state index is 0.0386. The summed E-state index contributed by atoms with van der Waals surface area (Å²) in [6, 6.07) is 19.6. The van der Waals surface area contributed by atoms with Crippen molar-refractivity contribution >= 4 is 27.4 Å². The second-order valence-electron chi connectivity index (χ2n) is 9.97. The first-order chi connectivity index (χ1) is 18.7. The number of rotatable bonds is 11. The molecule has 4 N–H and O–H groups in total. The fourth-order valence-corrected chi connectivity index (χ4v) is 6.19. The highest BCUT2D eigenvalue weighted by Gasteiger charge is 2.43. The summed E-state index contributed by atoms with van der Waals surface area (Å²) in [4.78, 5) is 17.3. The van der Waals surface area contributed by atoms with Crippen molar-refractivity contribution in [2.45, 2.75) is 68.9 Å². The van der Waals surface area contributed by atoms with Crippen molar-refractivity contribution in [1.29, 1.82) is 0 Å². The molecule has 0 saturated carbocycles. The van der Waals surface area contributed by atoms with Crippen LogP contribution in [0, 0.1) is 0 Å². The SMILES string of the molecule is CCC[C@@]1(CCc2ccccc2)CC(O)=C(C(CC)c2cccc(NS(=O)(=O)c3ccc(N)cn3)c2)C(=O)O1. The molecule has 206 valence electrons. The molecule has 4 rings (SSSR count). The maximum atomic E-state index is 13.4. The van der Waals surface area contributed by atoms with Crippen LogP contribution in [0.25, 0.3) is 0 Å². The lowest BCUT2D eigenvalue weighted by Crippen LogP contribution is -2.41. The van der Waals surface area contributed by atoms with E-state index in [1.807, 2.05) is 50.2 Å². The van der Waals surface area contributed by atoms with Crippen LogP contribution < -0.4 is 10.5 Å². The molecule has 0 aliphatic carbocycles. The molecule has 39 heavy (non-hydrogen) atoms. The highest BCUT2D eigenvalue weighted by Crippen LogP contribution is 2.42. The number of nitrogens with one attached hydrogen (secondary N) is 1. The number of cyclic esters (lactones) is 1. The van der Waals surface area contributed by atoms with Crippen molar-refractivity contribution in [2.75, 3.05) is 10.5 Å². The van der Waals surface area contributed by atoms with Gasteiger partial charge in [-0.25, -0.2) is 9.78 Å². The van der Waals surface area contributed by atoms with Crippen LogP contribution in [0.4, 0.5) is 11.4 Å². The number of esters is 1. The van der Waals surface area contributed by atoms with Gasteiger partial charge in [0, 0.05) is 18.0 Å². The molecule has 3 aromatic rings. The summed E-state index contributed by atoms with van der Waals surface area (Å²) in [5, 5.41) is 11.1. The van der Waals surface area contributed by atoms with E-state index >= 15 is 0 Å². The Bertz CT molecular complexity index is 1440. The van der Waals surface area contributed by atoms with Gasteiger partial charge in [0.05, 0.1) is 17.5 Å². The van der Waals surface area contributed by atoms with E-state index < -0.39 is 27.5 Å². The lowest BCUT2D eigenvalue weighted by atomic mass is 9.80. The average molecular weight is 550 g/mol. The van der Waals surface area contributed by atoms with E-state index in [9.17, 15) is 18.3 Å². The monoisotopic (exact) mass is 549 g/mol. The molecule has 0 radical (unpaired) electrons. The smallest absolute Gasteiger partial charge is 0.338 e. The highest BCUT2D eigenvalue weighted by molar-refractivity contribution is 7.92. The van der Waals surface area contributed by atoms with E-state index in [1.54, 1.807) is 18.2 Å². The Morgan fingerprint density at radius 2 is 1.85 bits per heavy atom. The molecule has 0 fully saturated rings. The van der Waals surface area contributed by atoms with Crippen molar-refractivity contribution < 1.29 is 23.1 Å². The van der Waals surface area contributed by atoms with Gasteiger partial charge in [-0.15, -0.1) is 0 Å². The Morgan fingerprint density at radius 1 is 1.08 bits per heavy atom. The summed E-state index contributed by atoms with van der Waals surface area (Å²) >= 11 is 0. The van der Waals surface area contributed by atoms with E-state index in [4.69, 9.17) is 10.5 Å². The normalized spacial score (nSPS) is 18.5. The third kappa shape index (κ3) is 6.60. The Kier molecular flexibility index (Phi) is 8.60. The molecule has 1 unspecified atom stereocenters. The Hall–Kier alpha value is -3.85. The fraction of sp³-hybridized carbons (Fsp3) is 0.333. The number of ether oxygens (including phenoxy) is 1. The van der Waals surface area contributed by atoms with Crippen LogP contribution in [0.3, 0.4) is 0 Å². The van der Waals surface area contributed by atoms with Crippen LogP contribution >= 0.6 is 0 Å². The van der Waals surface area contributed by atoms with Crippen molar-refractivity contribution in [3.8, 4) is 0 Å². The number of nitrogens with two attached hydrogens (primary N) is 1. The van der Waals surface area contributed by atoms with Gasteiger partial charge < -0.3 is 15.6 Å². The second kappa shape index (κ2) is 11.9. The molecule has 1 aromatic heterocycles. The average Bonchev–Trinajstić information content (AvgIpc) is 2.90. The van der Waals surface area contributed by atoms with Gasteiger partial charge >= 0.3 is 5.97 Å². The van der Waals surface area contributed by atoms with Gasteiger partial charge in [0.2, 0.25) is 0 Å². The number of benzene rings is 2. The van der Waals surface area contributed by atoms with Crippen LogP contribution in [-0.2, 0) is 26.0 Å². The molecular weight excluding hydrogens is 514 g/mol. The number of carbonyl (C=O) groups excluding carboxylic acids is 1. The first kappa shape index (κ1) is 28.2. The molecule has 0 amide bonds. The van der Waals surface area contributed by atoms with Crippen molar-refractivity contribution in [3.63, 3.8) is 0 Å². The summed E-state index contributed by atoms with van der Waals surface area (Å²) in [6.07, 6.45) is 4.85. The van der Waals surface area contributed by atoms with E-state index in [0.29, 0.717) is 36.2 Å². The fourth-order valence-electron chi connectivity index (χ4n) is 5.21. The third-order valence-corrected chi connectivity index (χ3v) is 8.38. The molecule has 2 heterocycles. The molecular formula is C30H35N3O5S. The Balaban J connectivity index is 1.58. The highest BCUT2D eigenvalue weighted by atomic mass is 32.2. The number of anilines is 2. The number of aliphatic hydroxyl groups is 1. The van der Waals surface area contributed by atoms with Crippen LogP contribution in [-0.4, -0.2) is 30.1 Å². The third-order valence-electron chi connectivity index (χ3n) is 7.08. The number of nitrogen functional groups attached to an aromatic ring is 1. The molecule has 1 aliphatic heterocycles. The number of pyridine rings is 1. The van der Waals surface area contributed by atoms with E-state index in [2.05, 4.69) is 9.71 Å². The van der Waals surface area contributed by atoms with Crippen LogP contribution in [0.1, 0.15) is 63.0 Å². The molecule has 9 heteroatoms. The van der Waals surface area contributed by atoms with Gasteiger partial charge in [-0.2, -0.15) is 8.42 Å². The Labute approximate surface area is 230 Å². The summed E-state index contributed by atoms with van der Waals surface area (Å²) in [5.41, 5.74) is 7.60. The van der Waals surface area contributed by atoms with Crippen LogP contribution in [0.15, 0.2) is 89.3 Å². The molecule has 0 saturated heterocycles. The van der Waals surface area contributed by atoms with Crippen molar-refractivity contribution in [1.82, 2.24) is 4.98 Å². The van der Waals surface area contributed by atoms with Gasteiger partial charge in [-0.05, 0) is 61.1 Å².